The minimum atomic E-state index is -1.23. The van der Waals surface area contributed by atoms with E-state index in [1.54, 1.807) is 31.4 Å². The maximum atomic E-state index is 14.0. The van der Waals surface area contributed by atoms with Crippen molar-refractivity contribution in [2.24, 2.45) is 5.92 Å². The number of fused-ring (bicyclic) bond motifs is 5. The van der Waals surface area contributed by atoms with E-state index >= 15 is 0 Å². The number of benzene rings is 2. The Balaban J connectivity index is 2.02. The second-order valence-corrected chi connectivity index (χ2v) is 10.4. The third-order valence-corrected chi connectivity index (χ3v) is 6.46. The molecule has 2 aliphatic heterocycles. The second-order valence-electron chi connectivity index (χ2n) is 10.4. The summed E-state index contributed by atoms with van der Waals surface area (Å²) in [7, 11) is 1.55. The van der Waals surface area contributed by atoms with Crippen LogP contribution in [0.25, 0.3) is 0 Å². The largest absolute Gasteiger partial charge is 0.496 e. The Morgan fingerprint density at radius 2 is 1.94 bits per heavy atom. The van der Waals surface area contributed by atoms with Gasteiger partial charge in [-0.05, 0) is 47.6 Å². The minimum Gasteiger partial charge on any atom is -0.496 e. The first kappa shape index (κ1) is 22.8. The summed E-state index contributed by atoms with van der Waals surface area (Å²) < 4.78 is 5.63. The molecule has 0 fully saturated rings. The molecule has 1 unspecified atom stereocenters. The first-order chi connectivity index (χ1) is 15.4. The first-order valence-electron chi connectivity index (χ1n) is 11.1. The lowest BCUT2D eigenvalue weighted by Gasteiger charge is -2.41. The average molecular weight is 451 g/mol. The molecule has 4 rings (SSSR count). The number of ether oxygens (including phenoxy) is 1. The van der Waals surface area contributed by atoms with E-state index in [1.165, 1.54) is 11.0 Å². The highest BCUT2D eigenvalue weighted by Crippen LogP contribution is 2.48. The fraction of sp³-hybridized carbons (Fsp3) is 0.423. The number of aromatic carboxylic acids is 1. The number of hydrogen-bond donors (Lipinski definition) is 2. The zero-order valence-electron chi connectivity index (χ0n) is 19.9. The Labute approximate surface area is 193 Å². The molecule has 0 aromatic heterocycles. The van der Waals surface area contributed by atoms with Crippen LogP contribution in [-0.2, 0) is 16.6 Å². The third-order valence-electron chi connectivity index (χ3n) is 6.46. The molecule has 0 saturated carbocycles. The smallest absolute Gasteiger partial charge is 0.336 e. The lowest BCUT2D eigenvalue weighted by molar-refractivity contribution is -0.121. The van der Waals surface area contributed by atoms with E-state index < -0.39 is 11.5 Å². The number of carbonyl (C=O) groups is 3. The quantitative estimate of drug-likeness (QED) is 0.708. The van der Waals surface area contributed by atoms with Crippen molar-refractivity contribution in [1.29, 1.82) is 0 Å². The van der Waals surface area contributed by atoms with Gasteiger partial charge < -0.3 is 15.2 Å². The fourth-order valence-electron chi connectivity index (χ4n) is 5.33. The number of nitrogens with zero attached hydrogens (tertiary/aromatic N) is 1. The molecule has 2 bridgehead atoms. The second kappa shape index (κ2) is 7.61. The van der Waals surface area contributed by atoms with Crippen molar-refractivity contribution in [1.82, 2.24) is 0 Å². The van der Waals surface area contributed by atoms with Crippen molar-refractivity contribution in [2.45, 2.75) is 58.4 Å². The topological polar surface area (TPSA) is 95.9 Å². The van der Waals surface area contributed by atoms with Crippen molar-refractivity contribution < 1.29 is 24.2 Å². The third kappa shape index (κ3) is 3.46. The summed E-state index contributed by atoms with van der Waals surface area (Å²) in [6.07, 6.45) is 0.539. The molecule has 7 heteroatoms. The van der Waals surface area contributed by atoms with Gasteiger partial charge >= 0.3 is 5.97 Å². The van der Waals surface area contributed by atoms with E-state index in [2.05, 4.69) is 5.32 Å². The molecular weight excluding hydrogens is 420 g/mol. The Bertz CT molecular complexity index is 1180. The van der Waals surface area contributed by atoms with Gasteiger partial charge in [0.1, 0.15) is 11.3 Å². The molecule has 2 aliphatic rings. The van der Waals surface area contributed by atoms with Crippen LogP contribution in [0.5, 0.6) is 5.75 Å². The van der Waals surface area contributed by atoms with Crippen LogP contribution in [0.4, 0.5) is 11.4 Å². The normalized spacial score (nSPS) is 19.5. The summed E-state index contributed by atoms with van der Waals surface area (Å²) in [4.78, 5) is 41.5. The number of amides is 2. The summed E-state index contributed by atoms with van der Waals surface area (Å²) in [5.41, 5.74) is 1.25. The van der Waals surface area contributed by atoms with Crippen LogP contribution in [0.2, 0.25) is 0 Å². The number of anilines is 2. The molecule has 0 radical (unpaired) electrons. The lowest BCUT2D eigenvalue weighted by atomic mass is 9.80. The van der Waals surface area contributed by atoms with Gasteiger partial charge in [-0.2, -0.15) is 0 Å². The maximum Gasteiger partial charge on any atom is 0.336 e. The van der Waals surface area contributed by atoms with E-state index in [-0.39, 0.29) is 35.1 Å². The number of hydrogen-bond acceptors (Lipinski definition) is 4. The van der Waals surface area contributed by atoms with Gasteiger partial charge in [-0.15, -0.1) is 0 Å². The Kier molecular flexibility index (Phi) is 5.26. The Hall–Kier alpha value is -3.35. The van der Waals surface area contributed by atoms with E-state index in [1.807, 2.05) is 34.6 Å². The SMILES string of the molecule is COc1cc2cc(c1C(C)(C)C)NC(=O)C1(CC(C)C)Cc3c(C(=O)O)cccc3N1C2=O. The van der Waals surface area contributed by atoms with Crippen molar-refractivity contribution in [3.8, 4) is 5.75 Å². The van der Waals surface area contributed by atoms with Crippen LogP contribution in [0.3, 0.4) is 0 Å². The molecule has 0 saturated heterocycles. The monoisotopic (exact) mass is 450 g/mol. The predicted molar refractivity (Wildman–Crippen MR) is 126 cm³/mol. The molecule has 2 heterocycles. The number of carboxylic acid groups (broad SMARTS) is 1. The summed E-state index contributed by atoms with van der Waals surface area (Å²) >= 11 is 0. The zero-order chi connectivity index (χ0) is 24.3. The molecule has 2 aromatic rings. The lowest BCUT2D eigenvalue weighted by Crippen LogP contribution is -2.59. The number of carbonyl (C=O) groups excluding carboxylic acids is 2. The van der Waals surface area contributed by atoms with Gasteiger partial charge in [-0.1, -0.05) is 40.7 Å². The molecule has 2 N–H and O–H groups in total. The highest BCUT2D eigenvalue weighted by molar-refractivity contribution is 6.18. The van der Waals surface area contributed by atoms with Crippen LogP contribution in [-0.4, -0.2) is 35.5 Å². The first-order valence-corrected chi connectivity index (χ1v) is 11.1. The van der Waals surface area contributed by atoms with E-state index in [9.17, 15) is 19.5 Å². The maximum absolute atomic E-state index is 14.0. The van der Waals surface area contributed by atoms with Crippen molar-refractivity contribution in [3.05, 3.63) is 52.6 Å². The molecule has 0 spiro atoms. The van der Waals surface area contributed by atoms with Crippen LogP contribution < -0.4 is 15.0 Å². The highest BCUT2D eigenvalue weighted by Gasteiger charge is 2.54. The van der Waals surface area contributed by atoms with Gasteiger partial charge in [0, 0.05) is 28.9 Å². The Morgan fingerprint density at radius 1 is 1.24 bits per heavy atom. The number of carboxylic acids is 1. The molecule has 2 amide bonds. The van der Waals surface area contributed by atoms with Gasteiger partial charge in [0.05, 0.1) is 12.7 Å². The van der Waals surface area contributed by atoms with E-state index in [0.29, 0.717) is 34.7 Å². The molecule has 1 atom stereocenters. The summed E-state index contributed by atoms with van der Waals surface area (Å²) in [6, 6.07) is 8.27. The van der Waals surface area contributed by atoms with Crippen molar-refractivity contribution in [3.63, 3.8) is 0 Å². The molecule has 174 valence electrons. The van der Waals surface area contributed by atoms with Crippen LogP contribution in [0, 0.1) is 5.92 Å². The molecule has 7 nitrogen and oxygen atoms in total. The van der Waals surface area contributed by atoms with Gasteiger partial charge in [-0.25, -0.2) is 4.79 Å². The number of methoxy groups -OCH3 is 1. The average Bonchev–Trinajstić information content (AvgIpc) is 3.04. The minimum absolute atomic E-state index is 0.0861. The van der Waals surface area contributed by atoms with Gasteiger partial charge in [0.25, 0.3) is 11.8 Å². The summed E-state index contributed by atoms with van der Waals surface area (Å²) in [6.45, 7) is 10.1. The summed E-state index contributed by atoms with van der Waals surface area (Å²) in [5.74, 6) is -1.12. The van der Waals surface area contributed by atoms with Gasteiger partial charge in [0.15, 0.2) is 0 Å². The van der Waals surface area contributed by atoms with E-state index in [0.717, 1.165) is 5.56 Å². The molecule has 2 aromatic carbocycles. The zero-order valence-corrected chi connectivity index (χ0v) is 19.9. The van der Waals surface area contributed by atoms with E-state index in [4.69, 9.17) is 4.74 Å². The van der Waals surface area contributed by atoms with Crippen molar-refractivity contribution >= 4 is 29.2 Å². The number of rotatable bonds is 4. The highest BCUT2D eigenvalue weighted by atomic mass is 16.5. The van der Waals surface area contributed by atoms with Gasteiger partial charge in [-0.3, -0.25) is 14.5 Å². The fourth-order valence-corrected chi connectivity index (χ4v) is 5.33. The Morgan fingerprint density at radius 3 is 2.52 bits per heavy atom. The number of nitrogens with one attached hydrogen (secondary N) is 1. The molecule has 33 heavy (non-hydrogen) atoms. The van der Waals surface area contributed by atoms with Crippen LogP contribution in [0.1, 0.15) is 72.9 Å². The van der Waals surface area contributed by atoms with Crippen LogP contribution in [0.15, 0.2) is 30.3 Å². The standard InChI is InChI=1S/C26H30N2O5/c1-14(2)12-26-13-17-16(23(30)31)8-7-9-19(17)28(26)22(29)15-10-18(27-24(26)32)21(25(3,4)5)20(11-15)33-6/h7-11,14H,12-13H2,1-6H3,(H,27,32)(H,30,31). The summed E-state index contributed by atoms with van der Waals surface area (Å²) in [5, 5.41) is 12.9. The van der Waals surface area contributed by atoms with Crippen molar-refractivity contribution in [2.75, 3.05) is 17.3 Å². The predicted octanol–water partition coefficient (Wildman–Crippen LogP) is 4.63. The van der Waals surface area contributed by atoms with Crippen LogP contribution >= 0.6 is 0 Å². The van der Waals surface area contributed by atoms with Gasteiger partial charge in [0.2, 0.25) is 0 Å². The molecule has 0 aliphatic carbocycles. The molecular formula is C26H30N2O5.